The predicted octanol–water partition coefficient (Wildman–Crippen LogP) is 10.2. The van der Waals surface area contributed by atoms with Gasteiger partial charge in [-0.05, 0) is 61.5 Å². The van der Waals surface area contributed by atoms with Crippen LogP contribution in [0.3, 0.4) is 0 Å². The van der Waals surface area contributed by atoms with Gasteiger partial charge >= 0.3 is 0 Å². The van der Waals surface area contributed by atoms with Gasteiger partial charge in [0.25, 0.3) is 0 Å². The number of fused-ring (bicyclic) bond motifs is 6. The monoisotopic (exact) mass is 471 g/mol. The van der Waals surface area contributed by atoms with Gasteiger partial charge in [-0.3, -0.25) is 0 Å². The van der Waals surface area contributed by atoms with Crippen LogP contribution in [0.2, 0.25) is 0 Å². The quantitative estimate of drug-likeness (QED) is 0.248. The zero-order valence-corrected chi connectivity index (χ0v) is 20.3. The molecule has 0 fully saturated rings. The Bertz CT molecular complexity index is 1830. The Kier molecular flexibility index (Phi) is 4.48. The van der Waals surface area contributed by atoms with Crippen LogP contribution in [0, 0.1) is 6.92 Å². The normalized spacial score (nSPS) is 11.7. The minimum absolute atomic E-state index is 1.17. The Balaban J connectivity index is 1.53. The average molecular weight is 472 g/mol. The molecule has 2 heterocycles. The Morgan fingerprint density at radius 3 is 2.15 bits per heavy atom. The van der Waals surface area contributed by atoms with E-state index in [2.05, 4.69) is 121 Å². The van der Waals surface area contributed by atoms with Gasteiger partial charge in [0.05, 0.1) is 5.69 Å². The number of anilines is 3. The topological polar surface area (TPSA) is 3.24 Å². The molecular weight excluding hydrogens is 450 g/mol. The van der Waals surface area contributed by atoms with E-state index in [4.69, 9.17) is 0 Å². The van der Waals surface area contributed by atoms with Gasteiger partial charge in [-0.2, -0.15) is 0 Å². The summed E-state index contributed by atoms with van der Waals surface area (Å²) in [5.74, 6) is 0. The highest BCUT2D eigenvalue weighted by molar-refractivity contribution is 7.26. The van der Waals surface area contributed by atoms with Crippen LogP contribution in [0.4, 0.5) is 17.1 Å². The first-order valence-electron chi connectivity index (χ1n) is 11.4. The first kappa shape index (κ1) is 19.8. The summed E-state index contributed by atoms with van der Waals surface area (Å²) < 4.78 is 5.31. The van der Waals surface area contributed by atoms with Gasteiger partial charge in [0, 0.05) is 51.7 Å². The second-order valence-corrected chi connectivity index (χ2v) is 10.9. The highest BCUT2D eigenvalue weighted by Gasteiger charge is 2.19. The number of nitrogens with zero attached hydrogens (tertiary/aromatic N) is 1. The van der Waals surface area contributed by atoms with Crippen molar-refractivity contribution in [2.45, 2.75) is 6.92 Å². The molecule has 0 spiro atoms. The van der Waals surface area contributed by atoms with Gasteiger partial charge in [-0.1, -0.05) is 60.2 Å². The summed E-state index contributed by atoms with van der Waals surface area (Å²) in [4.78, 5) is 2.42. The van der Waals surface area contributed by atoms with E-state index in [1.165, 1.54) is 63.0 Å². The van der Waals surface area contributed by atoms with Crippen LogP contribution in [-0.4, -0.2) is 0 Å². The summed E-state index contributed by atoms with van der Waals surface area (Å²) in [6.07, 6.45) is 0. The Labute approximate surface area is 206 Å². The molecule has 34 heavy (non-hydrogen) atoms. The van der Waals surface area contributed by atoms with Gasteiger partial charge < -0.3 is 4.90 Å². The van der Waals surface area contributed by atoms with Crippen LogP contribution >= 0.6 is 22.7 Å². The maximum Gasteiger partial charge on any atom is 0.0554 e. The summed E-state index contributed by atoms with van der Waals surface area (Å²) in [6.45, 7) is 2.18. The fourth-order valence-electron chi connectivity index (χ4n) is 4.97. The maximum absolute atomic E-state index is 2.42. The predicted molar refractivity (Wildman–Crippen MR) is 152 cm³/mol. The largest absolute Gasteiger partial charge is 0.310 e. The molecule has 7 aromatic rings. The highest BCUT2D eigenvalue weighted by Crippen LogP contribution is 2.46. The number of rotatable bonds is 3. The highest BCUT2D eigenvalue weighted by atomic mass is 32.1. The van der Waals surface area contributed by atoms with Crippen LogP contribution in [0.25, 0.3) is 40.3 Å². The summed E-state index contributed by atoms with van der Waals surface area (Å²) in [6, 6.07) is 39.8. The molecule has 0 amide bonds. The number of aryl methyl sites for hydroxylation is 1. The van der Waals surface area contributed by atoms with Gasteiger partial charge in [-0.25, -0.2) is 0 Å². The van der Waals surface area contributed by atoms with Crippen LogP contribution in [-0.2, 0) is 0 Å². The van der Waals surface area contributed by atoms with Gasteiger partial charge in [0.1, 0.15) is 0 Å². The summed E-state index contributed by atoms with van der Waals surface area (Å²) in [7, 11) is 0. The Morgan fingerprint density at radius 2 is 1.24 bits per heavy atom. The molecule has 1 nitrogen and oxygen atoms in total. The molecule has 0 saturated carbocycles. The molecule has 0 saturated heterocycles. The fourth-order valence-corrected chi connectivity index (χ4v) is 7.21. The van der Waals surface area contributed by atoms with Crippen LogP contribution < -0.4 is 4.90 Å². The number of para-hydroxylation sites is 1. The molecule has 0 bridgehead atoms. The van der Waals surface area contributed by atoms with Crippen LogP contribution in [0.15, 0.2) is 109 Å². The molecule has 7 rings (SSSR count). The van der Waals surface area contributed by atoms with Gasteiger partial charge in [-0.15, -0.1) is 22.7 Å². The fraction of sp³-hybridized carbons (Fsp3) is 0.0323. The molecule has 0 aliphatic rings. The first-order valence-corrected chi connectivity index (χ1v) is 13.1. The van der Waals surface area contributed by atoms with Gasteiger partial charge in [0.15, 0.2) is 0 Å². The molecular formula is C31H21NS2. The molecule has 0 atom stereocenters. The Hall–Kier alpha value is -3.66. The maximum atomic E-state index is 2.42. The zero-order chi connectivity index (χ0) is 22.6. The van der Waals surface area contributed by atoms with Crippen molar-refractivity contribution in [2.24, 2.45) is 0 Å². The lowest BCUT2D eigenvalue weighted by Gasteiger charge is -2.26. The minimum Gasteiger partial charge on any atom is -0.310 e. The average Bonchev–Trinajstić information content (AvgIpc) is 3.43. The van der Waals surface area contributed by atoms with Crippen molar-refractivity contribution in [3.8, 4) is 0 Å². The molecule has 0 aliphatic heterocycles. The van der Waals surface area contributed by atoms with Crippen LogP contribution in [0.5, 0.6) is 0 Å². The summed E-state index contributed by atoms with van der Waals surface area (Å²) in [5.41, 5.74) is 4.87. The lowest BCUT2D eigenvalue weighted by Crippen LogP contribution is -2.10. The van der Waals surface area contributed by atoms with E-state index in [1.54, 1.807) is 0 Å². The summed E-state index contributed by atoms with van der Waals surface area (Å²) in [5, 5.41) is 5.32. The number of benzene rings is 5. The lowest BCUT2D eigenvalue weighted by molar-refractivity contribution is 1.31. The first-order chi connectivity index (χ1) is 16.8. The molecule has 162 valence electrons. The molecule has 3 heteroatoms. The van der Waals surface area contributed by atoms with Gasteiger partial charge in [0.2, 0.25) is 0 Å². The molecule has 0 N–H and O–H groups in total. The second-order valence-electron chi connectivity index (χ2n) is 8.70. The molecule has 2 aromatic heterocycles. The third-order valence-electron chi connectivity index (χ3n) is 6.50. The standard InChI is InChI=1S/C31H21NS2/c1-20-14-17-28-25(18-20)31-26(11-7-13-29(31)33-28)32(21-8-3-2-4-9-21)22-15-16-24-23-10-5-6-12-27(23)34-30(24)19-22/h2-19H,1H3. The third kappa shape index (κ3) is 3.05. The van der Waals surface area contributed by atoms with E-state index in [1.807, 2.05) is 22.7 Å². The van der Waals surface area contributed by atoms with E-state index < -0.39 is 0 Å². The van der Waals surface area contributed by atoms with Crippen molar-refractivity contribution in [1.29, 1.82) is 0 Å². The smallest absolute Gasteiger partial charge is 0.0554 e. The molecule has 5 aromatic carbocycles. The van der Waals surface area contributed by atoms with Crippen molar-refractivity contribution in [3.63, 3.8) is 0 Å². The lowest BCUT2D eigenvalue weighted by atomic mass is 10.1. The number of thiophene rings is 2. The number of hydrogen-bond acceptors (Lipinski definition) is 3. The van der Waals surface area contributed by atoms with E-state index in [0.717, 1.165) is 0 Å². The van der Waals surface area contributed by atoms with Crippen molar-refractivity contribution >= 4 is 80.1 Å². The Morgan fingerprint density at radius 1 is 0.500 bits per heavy atom. The second kappa shape index (κ2) is 7.69. The SMILES string of the molecule is Cc1ccc2sc3cccc(N(c4ccccc4)c4ccc5c(c4)sc4ccccc45)c3c2c1. The summed E-state index contributed by atoms with van der Waals surface area (Å²) >= 11 is 3.74. The molecule has 0 aliphatic carbocycles. The minimum atomic E-state index is 1.17. The van der Waals surface area contributed by atoms with Crippen molar-refractivity contribution in [3.05, 3.63) is 115 Å². The van der Waals surface area contributed by atoms with E-state index in [0.29, 0.717) is 0 Å². The molecule has 0 radical (unpaired) electrons. The number of hydrogen-bond donors (Lipinski definition) is 0. The van der Waals surface area contributed by atoms with E-state index >= 15 is 0 Å². The van der Waals surface area contributed by atoms with Crippen LogP contribution in [0.1, 0.15) is 5.56 Å². The molecule has 0 unspecified atom stereocenters. The van der Waals surface area contributed by atoms with E-state index in [9.17, 15) is 0 Å². The van der Waals surface area contributed by atoms with Crippen molar-refractivity contribution < 1.29 is 0 Å². The zero-order valence-electron chi connectivity index (χ0n) is 18.7. The van der Waals surface area contributed by atoms with Crippen molar-refractivity contribution in [2.75, 3.05) is 4.90 Å². The third-order valence-corrected chi connectivity index (χ3v) is 8.77. The van der Waals surface area contributed by atoms with E-state index in [-0.39, 0.29) is 0 Å². The van der Waals surface area contributed by atoms with Crippen molar-refractivity contribution in [1.82, 2.24) is 0 Å².